The zero-order valence-electron chi connectivity index (χ0n) is 13.6. The number of benzene rings is 1. The van der Waals surface area contributed by atoms with Crippen molar-refractivity contribution in [2.75, 3.05) is 6.61 Å². The number of aromatic nitrogens is 2. The maximum absolute atomic E-state index is 12.8. The Kier molecular flexibility index (Phi) is 4.70. The molecular formula is C19H16N2O4. The van der Waals surface area contributed by atoms with E-state index in [2.05, 4.69) is 4.98 Å². The first-order chi connectivity index (χ1) is 12.1. The summed E-state index contributed by atoms with van der Waals surface area (Å²) < 4.78 is 6.23. The molecule has 0 spiro atoms. The van der Waals surface area contributed by atoms with Gasteiger partial charge in [-0.05, 0) is 19.1 Å². The molecule has 3 rings (SSSR count). The highest BCUT2D eigenvalue weighted by Crippen LogP contribution is 2.14. The number of esters is 1. The fourth-order valence-electron chi connectivity index (χ4n) is 2.60. The zero-order valence-corrected chi connectivity index (χ0v) is 13.6. The van der Waals surface area contributed by atoms with E-state index in [0.29, 0.717) is 16.5 Å². The average molecular weight is 336 g/mol. The Balaban J connectivity index is 2.12. The summed E-state index contributed by atoms with van der Waals surface area (Å²) in [5.74, 6) is -0.930. The molecule has 0 atom stereocenters. The van der Waals surface area contributed by atoms with Crippen molar-refractivity contribution in [3.63, 3.8) is 0 Å². The lowest BCUT2D eigenvalue weighted by molar-refractivity contribution is 0.0523. The van der Waals surface area contributed by atoms with E-state index in [-0.39, 0.29) is 24.5 Å². The molecule has 0 aliphatic heterocycles. The third-order valence-corrected chi connectivity index (χ3v) is 3.79. The molecule has 0 saturated carbocycles. The van der Waals surface area contributed by atoms with Crippen LogP contribution in [0.3, 0.4) is 0 Å². The van der Waals surface area contributed by atoms with E-state index in [1.807, 2.05) is 6.07 Å². The second-order valence-electron chi connectivity index (χ2n) is 5.39. The predicted molar refractivity (Wildman–Crippen MR) is 92.7 cm³/mol. The third-order valence-electron chi connectivity index (χ3n) is 3.79. The molecule has 1 aromatic carbocycles. The molecule has 2 heterocycles. The van der Waals surface area contributed by atoms with Crippen LogP contribution in [0.25, 0.3) is 10.9 Å². The summed E-state index contributed by atoms with van der Waals surface area (Å²) in [5.41, 5.74) is 0.375. The molecule has 6 heteroatoms. The van der Waals surface area contributed by atoms with Crippen molar-refractivity contribution in [2.45, 2.75) is 13.5 Å². The van der Waals surface area contributed by atoms with Crippen LogP contribution in [-0.2, 0) is 11.3 Å². The normalized spacial score (nSPS) is 10.6. The molecule has 0 unspecified atom stereocenters. The van der Waals surface area contributed by atoms with Gasteiger partial charge >= 0.3 is 5.97 Å². The summed E-state index contributed by atoms with van der Waals surface area (Å²) in [5, 5.41) is 0.589. The van der Waals surface area contributed by atoms with E-state index in [1.54, 1.807) is 43.5 Å². The van der Waals surface area contributed by atoms with Crippen molar-refractivity contribution in [3.05, 3.63) is 76.3 Å². The van der Waals surface area contributed by atoms with Crippen molar-refractivity contribution >= 4 is 22.7 Å². The summed E-state index contributed by atoms with van der Waals surface area (Å²) in [6.07, 6.45) is 3.08. The number of ketones is 1. The fraction of sp³-hybridized carbons (Fsp3) is 0.158. The minimum atomic E-state index is -0.709. The van der Waals surface area contributed by atoms with E-state index >= 15 is 0 Å². The van der Waals surface area contributed by atoms with Gasteiger partial charge in [-0.1, -0.05) is 30.3 Å². The molecule has 0 aliphatic rings. The van der Waals surface area contributed by atoms with E-state index in [1.165, 1.54) is 16.8 Å². The standard InChI is InChI=1S/C19H16N2O4/c1-2-25-19(24)15-10-14-11-20-9-8-16(14)21(18(15)23)12-17(22)13-6-4-3-5-7-13/h3-11H,2,12H2,1H3. The number of ether oxygens (including phenoxy) is 1. The van der Waals surface area contributed by atoms with Gasteiger partial charge in [0.25, 0.3) is 5.56 Å². The second-order valence-corrected chi connectivity index (χ2v) is 5.39. The van der Waals surface area contributed by atoms with Gasteiger partial charge in [-0.3, -0.25) is 19.1 Å². The van der Waals surface area contributed by atoms with Crippen molar-refractivity contribution < 1.29 is 14.3 Å². The topological polar surface area (TPSA) is 78.3 Å². The van der Waals surface area contributed by atoms with Crippen LogP contribution in [0.2, 0.25) is 0 Å². The van der Waals surface area contributed by atoms with Crippen LogP contribution in [0.5, 0.6) is 0 Å². The summed E-state index contributed by atoms with van der Waals surface area (Å²) >= 11 is 0. The zero-order chi connectivity index (χ0) is 17.8. The number of fused-ring (bicyclic) bond motifs is 1. The first-order valence-electron chi connectivity index (χ1n) is 7.84. The highest BCUT2D eigenvalue weighted by atomic mass is 16.5. The smallest absolute Gasteiger partial charge is 0.343 e. The first kappa shape index (κ1) is 16.6. The summed E-state index contributed by atoms with van der Waals surface area (Å²) in [6.45, 7) is 1.65. The molecule has 0 amide bonds. The summed E-state index contributed by atoms with van der Waals surface area (Å²) in [7, 11) is 0. The van der Waals surface area contributed by atoms with Crippen LogP contribution in [0, 0.1) is 0 Å². The highest BCUT2D eigenvalue weighted by molar-refractivity contribution is 5.98. The minimum absolute atomic E-state index is 0.108. The summed E-state index contributed by atoms with van der Waals surface area (Å²) in [4.78, 5) is 41.4. The molecule has 25 heavy (non-hydrogen) atoms. The van der Waals surface area contributed by atoms with Crippen LogP contribution in [0.15, 0.2) is 59.7 Å². The molecule has 0 fully saturated rings. The number of rotatable bonds is 5. The van der Waals surface area contributed by atoms with Crippen molar-refractivity contribution in [3.8, 4) is 0 Å². The molecule has 0 N–H and O–H groups in total. The lowest BCUT2D eigenvalue weighted by atomic mass is 10.1. The first-order valence-corrected chi connectivity index (χ1v) is 7.84. The van der Waals surface area contributed by atoms with Crippen molar-refractivity contribution in [2.24, 2.45) is 0 Å². The summed E-state index contributed by atoms with van der Waals surface area (Å²) in [6, 6.07) is 11.8. The molecule has 0 saturated heterocycles. The van der Waals surface area contributed by atoms with Gasteiger partial charge in [0.05, 0.1) is 18.7 Å². The average Bonchev–Trinajstić information content (AvgIpc) is 2.64. The van der Waals surface area contributed by atoms with Gasteiger partial charge in [-0.25, -0.2) is 4.79 Å². The van der Waals surface area contributed by atoms with Gasteiger partial charge in [0.1, 0.15) is 5.56 Å². The third kappa shape index (κ3) is 3.33. The van der Waals surface area contributed by atoms with Crippen molar-refractivity contribution in [1.82, 2.24) is 9.55 Å². The number of nitrogens with zero attached hydrogens (tertiary/aromatic N) is 2. The number of hydrogen-bond acceptors (Lipinski definition) is 5. The molecular weight excluding hydrogens is 320 g/mol. The lowest BCUT2D eigenvalue weighted by Gasteiger charge is -2.12. The SMILES string of the molecule is CCOC(=O)c1cc2cnccc2n(CC(=O)c2ccccc2)c1=O. The molecule has 6 nitrogen and oxygen atoms in total. The quantitative estimate of drug-likeness (QED) is 0.528. The van der Waals surface area contributed by atoms with Crippen LogP contribution in [-0.4, -0.2) is 27.9 Å². The molecule has 0 radical (unpaired) electrons. The van der Waals surface area contributed by atoms with Crippen molar-refractivity contribution in [1.29, 1.82) is 0 Å². The Morgan fingerprint density at radius 3 is 2.64 bits per heavy atom. The van der Waals surface area contributed by atoms with Gasteiger partial charge in [0, 0.05) is 23.3 Å². The fourth-order valence-corrected chi connectivity index (χ4v) is 2.60. The largest absolute Gasteiger partial charge is 0.462 e. The molecule has 2 aromatic heterocycles. The highest BCUT2D eigenvalue weighted by Gasteiger charge is 2.18. The van der Waals surface area contributed by atoms with E-state index < -0.39 is 11.5 Å². The van der Waals surface area contributed by atoms with E-state index in [4.69, 9.17) is 4.74 Å². The van der Waals surface area contributed by atoms with Gasteiger partial charge < -0.3 is 4.74 Å². The molecule has 126 valence electrons. The molecule has 3 aromatic rings. The molecule has 0 aliphatic carbocycles. The van der Waals surface area contributed by atoms with Gasteiger partial charge in [-0.15, -0.1) is 0 Å². The predicted octanol–water partition coefficient (Wildman–Crippen LogP) is 2.46. The Hall–Kier alpha value is -3.28. The van der Waals surface area contributed by atoms with E-state index in [0.717, 1.165) is 0 Å². The van der Waals surface area contributed by atoms with Crippen LogP contribution in [0.1, 0.15) is 27.6 Å². The monoisotopic (exact) mass is 336 g/mol. The van der Waals surface area contributed by atoms with Gasteiger partial charge in [0.2, 0.25) is 0 Å². The lowest BCUT2D eigenvalue weighted by Crippen LogP contribution is -2.30. The van der Waals surface area contributed by atoms with Gasteiger partial charge in [-0.2, -0.15) is 0 Å². The number of Topliss-reactive ketones (excluding diaryl/α,β-unsaturated/α-hetero) is 1. The molecule has 0 bridgehead atoms. The number of hydrogen-bond donors (Lipinski definition) is 0. The number of carbonyl (C=O) groups is 2. The van der Waals surface area contributed by atoms with Crippen LogP contribution < -0.4 is 5.56 Å². The van der Waals surface area contributed by atoms with Crippen LogP contribution in [0.4, 0.5) is 0 Å². The van der Waals surface area contributed by atoms with Crippen LogP contribution >= 0.6 is 0 Å². The minimum Gasteiger partial charge on any atom is -0.462 e. The second kappa shape index (κ2) is 7.09. The number of pyridine rings is 2. The van der Waals surface area contributed by atoms with Gasteiger partial charge in [0.15, 0.2) is 5.78 Å². The maximum atomic E-state index is 12.8. The Bertz CT molecular complexity index is 993. The van der Waals surface area contributed by atoms with E-state index in [9.17, 15) is 14.4 Å². The Morgan fingerprint density at radius 2 is 1.92 bits per heavy atom. The Labute approximate surface area is 143 Å². The maximum Gasteiger partial charge on any atom is 0.343 e. The Morgan fingerprint density at radius 1 is 1.16 bits per heavy atom. The number of carbonyl (C=O) groups excluding carboxylic acids is 2.